The van der Waals surface area contributed by atoms with Crippen molar-refractivity contribution in [3.63, 3.8) is 0 Å². The Hall–Kier alpha value is -2.88. The number of hydrogen-bond donors (Lipinski definition) is 2. The highest BCUT2D eigenvalue weighted by Crippen LogP contribution is 2.30. The molecule has 2 aliphatic heterocycles. The summed E-state index contributed by atoms with van der Waals surface area (Å²) in [6.07, 6.45) is 5.47. The molecule has 0 bridgehead atoms. The van der Waals surface area contributed by atoms with Crippen LogP contribution >= 0.6 is 0 Å². The first-order chi connectivity index (χ1) is 20.8. The average Bonchev–Trinajstić information content (AvgIpc) is 3.45. The van der Waals surface area contributed by atoms with Crippen molar-refractivity contribution in [2.75, 3.05) is 26.4 Å². The number of para-hydroxylation sites is 1. The molecule has 3 aromatic carbocycles. The topological polar surface area (TPSA) is 88.8 Å². The van der Waals surface area contributed by atoms with Crippen molar-refractivity contribution in [1.29, 1.82) is 0 Å². The Morgan fingerprint density at radius 3 is 2.17 bits per heavy atom. The molecule has 0 saturated carbocycles. The van der Waals surface area contributed by atoms with E-state index in [9.17, 15) is 0 Å². The summed E-state index contributed by atoms with van der Waals surface area (Å²) >= 11 is 0. The molecule has 0 aromatic heterocycles. The fourth-order valence-corrected chi connectivity index (χ4v) is 5.45. The molecule has 7 nitrogen and oxygen atoms in total. The molecule has 7 heteroatoms. The number of quaternary nitrogens is 1. The fourth-order valence-electron chi connectivity index (χ4n) is 5.45. The average molecular weight is 574 g/mol. The Kier molecular flexibility index (Phi) is 12.1. The van der Waals surface area contributed by atoms with E-state index in [4.69, 9.17) is 29.4 Å². The van der Waals surface area contributed by atoms with Gasteiger partial charge in [-0.15, -0.1) is 0 Å². The van der Waals surface area contributed by atoms with Crippen LogP contribution in [0.4, 0.5) is 5.69 Å². The van der Waals surface area contributed by atoms with Gasteiger partial charge in [0.25, 0.3) is 0 Å². The largest absolute Gasteiger partial charge is 0.379 e. The van der Waals surface area contributed by atoms with Crippen molar-refractivity contribution in [3.05, 3.63) is 108 Å². The summed E-state index contributed by atoms with van der Waals surface area (Å²) in [5, 5.41) is 2.17. The Labute approximate surface area is 250 Å². The zero-order valence-corrected chi connectivity index (χ0v) is 24.4. The quantitative estimate of drug-likeness (QED) is 0.173. The molecule has 224 valence electrons. The molecule has 2 aliphatic rings. The van der Waals surface area contributed by atoms with Crippen LogP contribution in [0.25, 0.3) is 5.57 Å². The van der Waals surface area contributed by atoms with Gasteiger partial charge in [-0.3, -0.25) is 5.32 Å². The molecular formula is C35H45N2O5+. The second-order valence-electron chi connectivity index (χ2n) is 10.9. The number of rotatable bonds is 17. The molecule has 0 aliphatic carbocycles. The van der Waals surface area contributed by atoms with Crippen molar-refractivity contribution in [2.45, 2.75) is 69.9 Å². The van der Waals surface area contributed by atoms with E-state index >= 15 is 0 Å². The Balaban J connectivity index is 1.24. The zero-order valence-electron chi connectivity index (χ0n) is 24.4. The summed E-state index contributed by atoms with van der Waals surface area (Å²) in [6.45, 7) is 3.35. The number of nitrogens with two attached hydrogens (primary N) is 2. The minimum Gasteiger partial charge on any atom is -0.379 e. The van der Waals surface area contributed by atoms with Crippen LogP contribution in [0.15, 0.2) is 91.1 Å². The van der Waals surface area contributed by atoms with E-state index in [0.29, 0.717) is 46.0 Å². The predicted octanol–water partition coefficient (Wildman–Crippen LogP) is 5.07. The molecule has 1 fully saturated rings. The van der Waals surface area contributed by atoms with Gasteiger partial charge in [0.15, 0.2) is 6.29 Å². The van der Waals surface area contributed by atoms with Gasteiger partial charge < -0.3 is 29.4 Å². The maximum absolute atomic E-state index is 6.61. The van der Waals surface area contributed by atoms with Gasteiger partial charge >= 0.3 is 0 Å². The van der Waals surface area contributed by atoms with Crippen LogP contribution in [0.2, 0.25) is 0 Å². The van der Waals surface area contributed by atoms with E-state index < -0.39 is 6.29 Å². The lowest BCUT2D eigenvalue weighted by molar-refractivity contribution is -0.491. The van der Waals surface area contributed by atoms with Crippen LogP contribution in [0.1, 0.15) is 48.8 Å². The molecule has 2 heterocycles. The lowest BCUT2D eigenvalue weighted by atomic mass is 10.0. The Morgan fingerprint density at radius 2 is 1.43 bits per heavy atom. The van der Waals surface area contributed by atoms with Crippen LogP contribution in [0, 0.1) is 0 Å². The first-order valence-electron chi connectivity index (χ1n) is 15.3. The number of hydrogen-bond acceptors (Lipinski definition) is 6. The summed E-state index contributed by atoms with van der Waals surface area (Å²) in [4.78, 5) is 0. The third-order valence-corrected chi connectivity index (χ3v) is 7.80. The van der Waals surface area contributed by atoms with Gasteiger partial charge in [-0.25, -0.2) is 0 Å². The molecule has 1 saturated heterocycles. The van der Waals surface area contributed by atoms with E-state index in [2.05, 4.69) is 60.0 Å². The number of unbranched alkanes of at least 4 members (excludes halogenated alkanes) is 2. The van der Waals surface area contributed by atoms with E-state index in [-0.39, 0.29) is 18.3 Å². The normalized spacial score (nSPS) is 21.7. The maximum atomic E-state index is 6.61. The standard InChI is InChI=1S/C35H44N2O5/c36-19-10-3-11-20-38-26-34-32(40-24-27-12-4-1-5-13-27)22-33(41-25-28-14-6-2-7-15-28)35(42-34)39-21-18-29-23-37-31-17-9-8-16-30(29)31/h1-2,4-9,12-17,23,32-35,37H,3,10-11,18-22,24-26,36H2/p+1/t32-,33+,34+,35+/m0/s1. The van der Waals surface area contributed by atoms with E-state index in [1.165, 1.54) is 16.8 Å². The molecule has 0 spiro atoms. The van der Waals surface area contributed by atoms with Crippen molar-refractivity contribution in [3.8, 4) is 0 Å². The van der Waals surface area contributed by atoms with Crippen LogP contribution in [-0.4, -0.2) is 51.0 Å². The van der Waals surface area contributed by atoms with E-state index in [0.717, 1.165) is 36.8 Å². The number of benzene rings is 3. The monoisotopic (exact) mass is 573 g/mol. The highest BCUT2D eigenvalue weighted by atomic mass is 16.7. The van der Waals surface area contributed by atoms with Gasteiger partial charge in [0, 0.05) is 36.7 Å². The SMILES string of the molecule is NCCCCCOC[C@H]1O[C@@H](OCCC2=C[NH2+]c3ccccc32)[C@H](OCc2ccccc2)C[C@@H]1OCc1ccccc1. The summed E-state index contributed by atoms with van der Waals surface area (Å²) in [5.41, 5.74) is 11.7. The summed E-state index contributed by atoms with van der Waals surface area (Å²) in [5.74, 6) is 0. The van der Waals surface area contributed by atoms with Gasteiger partial charge in [-0.1, -0.05) is 72.8 Å². The van der Waals surface area contributed by atoms with Crippen molar-refractivity contribution in [2.24, 2.45) is 5.73 Å². The molecule has 0 amide bonds. The smallest absolute Gasteiger partial charge is 0.184 e. The number of ether oxygens (including phenoxy) is 5. The Morgan fingerprint density at radius 1 is 0.738 bits per heavy atom. The van der Waals surface area contributed by atoms with Gasteiger partial charge in [-0.2, -0.15) is 0 Å². The molecule has 4 atom stereocenters. The predicted molar refractivity (Wildman–Crippen MR) is 164 cm³/mol. The third kappa shape index (κ3) is 9.06. The van der Waals surface area contributed by atoms with E-state index in [1.54, 1.807) is 0 Å². The summed E-state index contributed by atoms with van der Waals surface area (Å²) in [6, 6.07) is 28.9. The van der Waals surface area contributed by atoms with Gasteiger partial charge in [-0.05, 0) is 43.0 Å². The molecule has 3 aromatic rings. The highest BCUT2D eigenvalue weighted by molar-refractivity contribution is 5.74. The maximum Gasteiger partial charge on any atom is 0.184 e. The van der Waals surface area contributed by atoms with Crippen molar-refractivity contribution < 1.29 is 29.0 Å². The minimum atomic E-state index is -0.516. The van der Waals surface area contributed by atoms with Crippen molar-refractivity contribution in [1.82, 2.24) is 0 Å². The van der Waals surface area contributed by atoms with Gasteiger partial charge in [0.05, 0.1) is 32.5 Å². The summed E-state index contributed by atoms with van der Waals surface area (Å²) < 4.78 is 32.0. The highest BCUT2D eigenvalue weighted by Gasteiger charge is 2.40. The fraction of sp³-hybridized carbons (Fsp3) is 0.429. The number of fused-ring (bicyclic) bond motifs is 1. The molecule has 0 unspecified atom stereocenters. The molecular weight excluding hydrogens is 528 g/mol. The molecule has 5 rings (SSSR count). The second kappa shape index (κ2) is 16.7. The first kappa shape index (κ1) is 30.6. The van der Waals surface area contributed by atoms with Gasteiger partial charge in [0.1, 0.15) is 24.1 Å². The lowest BCUT2D eigenvalue weighted by Crippen LogP contribution is -2.69. The third-order valence-electron chi connectivity index (χ3n) is 7.80. The second-order valence-corrected chi connectivity index (χ2v) is 10.9. The Bertz CT molecular complexity index is 1220. The van der Waals surface area contributed by atoms with E-state index in [1.807, 2.05) is 36.4 Å². The molecule has 42 heavy (non-hydrogen) atoms. The van der Waals surface area contributed by atoms with Crippen LogP contribution in [0.5, 0.6) is 0 Å². The molecule has 0 radical (unpaired) electrons. The minimum absolute atomic E-state index is 0.186. The first-order valence-corrected chi connectivity index (χ1v) is 15.3. The lowest BCUT2D eigenvalue weighted by Gasteiger charge is -2.41. The van der Waals surface area contributed by atoms with Crippen LogP contribution < -0.4 is 11.1 Å². The van der Waals surface area contributed by atoms with Crippen LogP contribution in [-0.2, 0) is 36.9 Å². The van der Waals surface area contributed by atoms with Crippen LogP contribution in [0.3, 0.4) is 0 Å². The van der Waals surface area contributed by atoms with Crippen molar-refractivity contribution >= 4 is 11.3 Å². The molecule has 4 N–H and O–H groups in total. The zero-order chi connectivity index (χ0) is 28.8. The summed E-state index contributed by atoms with van der Waals surface area (Å²) in [7, 11) is 0. The van der Waals surface area contributed by atoms with Gasteiger partial charge in [0.2, 0.25) is 0 Å².